The number of ether oxygens (including phenoxy) is 4. The molecule has 0 aliphatic carbocycles. The maximum atomic E-state index is 12.5. The van der Waals surface area contributed by atoms with Crippen LogP contribution in [0.1, 0.15) is 17.3 Å². The van der Waals surface area contributed by atoms with Gasteiger partial charge < -0.3 is 24.1 Å². The zero-order valence-electron chi connectivity index (χ0n) is 22.2. The maximum absolute atomic E-state index is 12.5. The minimum Gasteiger partial charge on any atom is -0.491 e. The average molecular weight is 539 g/mol. The molecule has 0 saturated carbocycles. The third kappa shape index (κ3) is 7.82. The van der Waals surface area contributed by atoms with E-state index in [1.165, 1.54) is 0 Å². The molecule has 0 heterocycles. The quantitative estimate of drug-likeness (QED) is 0.101. The largest absolute Gasteiger partial charge is 0.491 e. The summed E-state index contributed by atoms with van der Waals surface area (Å²) in [4.78, 5) is 23.9. The van der Waals surface area contributed by atoms with Crippen LogP contribution in [0.25, 0.3) is 22.3 Å². The fraction of sp³-hybridized carbons (Fsp3) is 0.152. The molecular formula is C33H30O7. The van der Waals surface area contributed by atoms with Crippen molar-refractivity contribution in [1.29, 1.82) is 0 Å². The Balaban J connectivity index is 1.30. The highest BCUT2D eigenvalue weighted by molar-refractivity contribution is 5.91. The van der Waals surface area contributed by atoms with E-state index in [4.69, 9.17) is 24.1 Å². The predicted octanol–water partition coefficient (Wildman–Crippen LogP) is 6.11. The lowest BCUT2D eigenvalue weighted by atomic mass is 10.0. The average Bonchev–Trinajstić information content (AvgIpc) is 2.99. The number of rotatable bonds is 12. The van der Waals surface area contributed by atoms with Crippen LogP contribution in [-0.4, -0.2) is 43.5 Å². The Morgan fingerprint density at radius 3 is 1.52 bits per heavy atom. The molecule has 0 aliphatic heterocycles. The van der Waals surface area contributed by atoms with Crippen molar-refractivity contribution in [3.05, 3.63) is 115 Å². The van der Waals surface area contributed by atoms with Gasteiger partial charge in [-0.25, -0.2) is 9.59 Å². The predicted molar refractivity (Wildman–Crippen MR) is 153 cm³/mol. The first-order valence-corrected chi connectivity index (χ1v) is 12.8. The highest BCUT2D eigenvalue weighted by Gasteiger charge is 2.10. The van der Waals surface area contributed by atoms with Gasteiger partial charge in [0.25, 0.3) is 0 Å². The van der Waals surface area contributed by atoms with Gasteiger partial charge in [-0.3, -0.25) is 0 Å². The SMILES string of the molecule is C=C(C)C(=O)OCCOc1ccc(-c2ccc(-c3ccc(OC(=O)c4ccc(OCCO)cc4)cc3)cc2)cc1. The van der Waals surface area contributed by atoms with Crippen molar-refractivity contribution in [3.8, 4) is 39.5 Å². The molecule has 0 aliphatic rings. The molecule has 4 aromatic carbocycles. The van der Waals surface area contributed by atoms with E-state index < -0.39 is 11.9 Å². The van der Waals surface area contributed by atoms with Crippen LogP contribution in [0.2, 0.25) is 0 Å². The van der Waals surface area contributed by atoms with Crippen LogP contribution in [0.5, 0.6) is 17.2 Å². The van der Waals surface area contributed by atoms with Gasteiger partial charge in [0.05, 0.1) is 12.2 Å². The number of carbonyl (C=O) groups excluding carboxylic acids is 2. The molecular weight excluding hydrogens is 508 g/mol. The van der Waals surface area contributed by atoms with Crippen molar-refractivity contribution in [3.63, 3.8) is 0 Å². The summed E-state index contributed by atoms with van der Waals surface area (Å²) in [5.41, 5.74) is 4.89. The minimum absolute atomic E-state index is 0.0757. The summed E-state index contributed by atoms with van der Waals surface area (Å²) in [6, 6.07) is 29.8. The van der Waals surface area contributed by atoms with E-state index in [2.05, 4.69) is 6.58 Å². The first-order valence-electron chi connectivity index (χ1n) is 12.8. The van der Waals surface area contributed by atoms with E-state index in [-0.39, 0.29) is 26.4 Å². The third-order valence-corrected chi connectivity index (χ3v) is 5.85. The van der Waals surface area contributed by atoms with Crippen LogP contribution >= 0.6 is 0 Å². The van der Waals surface area contributed by atoms with Gasteiger partial charge in [0, 0.05) is 5.57 Å². The van der Waals surface area contributed by atoms with Crippen LogP contribution in [0.3, 0.4) is 0 Å². The molecule has 4 aromatic rings. The lowest BCUT2D eigenvalue weighted by molar-refractivity contribution is -0.139. The molecule has 0 saturated heterocycles. The molecule has 0 radical (unpaired) electrons. The van der Waals surface area contributed by atoms with Gasteiger partial charge in [-0.2, -0.15) is 0 Å². The molecule has 40 heavy (non-hydrogen) atoms. The Hall–Kier alpha value is -4.88. The van der Waals surface area contributed by atoms with Crippen molar-refractivity contribution in [2.45, 2.75) is 6.92 Å². The zero-order valence-corrected chi connectivity index (χ0v) is 22.2. The molecule has 0 fully saturated rings. The standard InChI is InChI=1S/C33H30O7/c1-23(2)32(35)39-22-21-38-30-13-7-26(8-14-30)24-3-5-25(6-4-24)27-9-17-31(18-10-27)40-33(36)28-11-15-29(16-12-28)37-20-19-34/h3-18,34H,1,19-22H2,2H3. The lowest BCUT2D eigenvalue weighted by Crippen LogP contribution is -2.12. The van der Waals surface area contributed by atoms with Crippen LogP contribution in [0.4, 0.5) is 0 Å². The molecule has 1 N–H and O–H groups in total. The lowest BCUT2D eigenvalue weighted by Gasteiger charge is -2.09. The smallest absolute Gasteiger partial charge is 0.343 e. The maximum Gasteiger partial charge on any atom is 0.343 e. The Bertz CT molecular complexity index is 1420. The second kappa shape index (κ2) is 13.8. The minimum atomic E-state index is -0.464. The van der Waals surface area contributed by atoms with E-state index in [1.54, 1.807) is 43.3 Å². The highest BCUT2D eigenvalue weighted by atomic mass is 16.6. The van der Waals surface area contributed by atoms with Crippen molar-refractivity contribution < 1.29 is 33.6 Å². The molecule has 4 rings (SSSR count). The molecule has 7 heteroatoms. The molecule has 0 amide bonds. The highest BCUT2D eigenvalue weighted by Crippen LogP contribution is 2.28. The summed E-state index contributed by atoms with van der Waals surface area (Å²) in [6.45, 7) is 5.69. The first kappa shape index (κ1) is 28.1. The molecule has 0 aromatic heterocycles. The molecule has 0 bridgehead atoms. The normalized spacial score (nSPS) is 10.4. The van der Waals surface area contributed by atoms with E-state index >= 15 is 0 Å². The number of aliphatic hydroxyl groups excluding tert-OH is 1. The van der Waals surface area contributed by atoms with Crippen molar-refractivity contribution in [2.24, 2.45) is 0 Å². The summed E-state index contributed by atoms with van der Waals surface area (Å²) in [5, 5.41) is 8.83. The van der Waals surface area contributed by atoms with Gasteiger partial charge in [0.2, 0.25) is 0 Å². The second-order valence-electron chi connectivity index (χ2n) is 8.88. The van der Waals surface area contributed by atoms with Gasteiger partial charge >= 0.3 is 11.9 Å². The van der Waals surface area contributed by atoms with E-state index in [0.717, 1.165) is 22.3 Å². The third-order valence-electron chi connectivity index (χ3n) is 5.85. The number of hydrogen-bond donors (Lipinski definition) is 1. The Kier molecular flexibility index (Phi) is 9.69. The van der Waals surface area contributed by atoms with Gasteiger partial charge in [0.15, 0.2) is 0 Å². The Morgan fingerprint density at radius 1 is 0.625 bits per heavy atom. The fourth-order valence-corrected chi connectivity index (χ4v) is 3.75. The summed E-state index contributed by atoms with van der Waals surface area (Å²) in [7, 11) is 0. The number of carbonyl (C=O) groups is 2. The second-order valence-corrected chi connectivity index (χ2v) is 8.88. The monoisotopic (exact) mass is 538 g/mol. The first-order chi connectivity index (χ1) is 19.4. The number of hydrogen-bond acceptors (Lipinski definition) is 7. The molecule has 0 spiro atoms. The van der Waals surface area contributed by atoms with Crippen LogP contribution in [0.15, 0.2) is 109 Å². The van der Waals surface area contributed by atoms with E-state index in [0.29, 0.717) is 28.4 Å². The van der Waals surface area contributed by atoms with Crippen molar-refractivity contribution in [1.82, 2.24) is 0 Å². The summed E-state index contributed by atoms with van der Waals surface area (Å²) in [6.07, 6.45) is 0. The van der Waals surface area contributed by atoms with Crippen LogP contribution in [0, 0.1) is 0 Å². The number of aliphatic hydroxyl groups is 1. The molecule has 204 valence electrons. The molecule has 7 nitrogen and oxygen atoms in total. The van der Waals surface area contributed by atoms with Gasteiger partial charge in [-0.05, 0) is 77.7 Å². The summed E-state index contributed by atoms with van der Waals surface area (Å²) < 4.78 is 21.5. The summed E-state index contributed by atoms with van der Waals surface area (Å²) in [5.74, 6) is 0.821. The Morgan fingerprint density at radius 2 is 1.05 bits per heavy atom. The Labute approximate surface area is 233 Å². The zero-order chi connectivity index (χ0) is 28.3. The van der Waals surface area contributed by atoms with Crippen molar-refractivity contribution >= 4 is 11.9 Å². The van der Waals surface area contributed by atoms with Crippen LogP contribution < -0.4 is 14.2 Å². The number of benzene rings is 4. The van der Waals surface area contributed by atoms with Crippen LogP contribution in [-0.2, 0) is 9.53 Å². The van der Waals surface area contributed by atoms with Gasteiger partial charge in [-0.1, -0.05) is 55.1 Å². The van der Waals surface area contributed by atoms with E-state index in [9.17, 15) is 9.59 Å². The topological polar surface area (TPSA) is 91.3 Å². The van der Waals surface area contributed by atoms with E-state index in [1.807, 2.05) is 60.7 Å². The van der Waals surface area contributed by atoms with Gasteiger partial charge in [-0.15, -0.1) is 0 Å². The molecule has 0 atom stereocenters. The fourth-order valence-electron chi connectivity index (χ4n) is 3.75. The number of esters is 2. The van der Waals surface area contributed by atoms with Gasteiger partial charge in [0.1, 0.15) is 37.1 Å². The summed E-state index contributed by atoms with van der Waals surface area (Å²) >= 11 is 0. The van der Waals surface area contributed by atoms with Crippen molar-refractivity contribution in [2.75, 3.05) is 26.4 Å². The molecule has 0 unspecified atom stereocenters.